The summed E-state index contributed by atoms with van der Waals surface area (Å²) in [6, 6.07) is 20.3. The second kappa shape index (κ2) is 126. The molecule has 0 aliphatic carbocycles. The van der Waals surface area contributed by atoms with Crippen LogP contribution in [0.15, 0.2) is 60.7 Å². The molecule has 0 radical (unpaired) electrons. The predicted molar refractivity (Wildman–Crippen MR) is 800 cm³/mol. The highest BCUT2D eigenvalue weighted by molar-refractivity contribution is 8.87. The summed E-state index contributed by atoms with van der Waals surface area (Å²) in [5, 5.41) is 3.30. The lowest BCUT2D eigenvalue weighted by atomic mass is 10.3. The van der Waals surface area contributed by atoms with Crippen LogP contribution in [0.5, 0.6) is 0 Å². The van der Waals surface area contributed by atoms with Gasteiger partial charge in [0.05, 0.1) is 0 Å². The number of hydrogen-bond acceptors (Lipinski definition) is 3. The van der Waals surface area contributed by atoms with Crippen LogP contribution in [-0.2, 0) is 902 Å². The lowest BCUT2D eigenvalue weighted by molar-refractivity contribution is 1.55. The Labute approximate surface area is 949 Å². The first-order valence-corrected chi connectivity index (χ1v) is 154. The largest absolute Gasteiger partial charge is 0.356 e. The fourth-order valence-electron chi connectivity index (χ4n) is 2.31. The normalized spacial score (nSPS) is 8.07. The van der Waals surface area contributed by atoms with E-state index in [1.54, 1.807) is 107 Å². The summed E-state index contributed by atoms with van der Waals surface area (Å²) in [4.78, 5) is 0. The molecule has 670 valence electrons. The lowest BCUT2D eigenvalue weighted by Crippen LogP contribution is -1.87. The van der Waals surface area contributed by atoms with Crippen molar-refractivity contribution in [3.8, 4) is 0 Å². The van der Waals surface area contributed by atoms with Gasteiger partial charge in [0.25, 0.3) is 0 Å². The topological polar surface area (TPSA) is 12.0 Å². The van der Waals surface area contributed by atoms with E-state index in [2.05, 4.69) is 5.32 Å². The average molecular weight is 3410 g/mol. The van der Waals surface area contributed by atoms with Crippen molar-refractivity contribution in [2.45, 2.75) is 0 Å². The third-order valence-electron chi connectivity index (χ3n) is 4.56. The molecule has 0 saturated heterocycles. The maximum Gasteiger partial charge on any atom is 0.0384 e. The fraction of sp³-hybridized carbons (Fsp3) is 0. The number of benzene rings is 2. The highest BCUT2D eigenvalue weighted by atomic mass is 33.6. The molecule has 0 saturated carbocycles. The molecular formula is C12H11NS101. The van der Waals surface area contributed by atoms with Crippen LogP contribution in [0.4, 0.5) is 11.4 Å². The minimum Gasteiger partial charge on any atom is -0.356 e. The van der Waals surface area contributed by atoms with Gasteiger partial charge in [-0.1, -0.05) is 36.4 Å². The predicted octanol–water partition coefficient (Wildman–Crippen LogP) is 3.19. The summed E-state index contributed by atoms with van der Waals surface area (Å²) in [7, 11) is 179. The number of anilines is 2. The smallest absolute Gasteiger partial charge is 0.0384 e. The van der Waals surface area contributed by atoms with Crippen molar-refractivity contribution in [2.75, 3.05) is 5.32 Å². The Morgan fingerprint density at radius 1 is 0.105 bits per heavy atom. The van der Waals surface area contributed by atoms with Crippen molar-refractivity contribution in [3.63, 3.8) is 0 Å². The second-order valence-corrected chi connectivity index (χ2v) is 185. The van der Waals surface area contributed by atoms with E-state index >= 15 is 0 Å². The van der Waals surface area contributed by atoms with E-state index in [1.807, 2.05) is 816 Å². The quantitative estimate of drug-likeness (QED) is 0.498. The van der Waals surface area contributed by atoms with E-state index < -0.39 is 0 Å². The summed E-state index contributed by atoms with van der Waals surface area (Å²) in [6.45, 7) is 0. The molecule has 114 heavy (non-hydrogen) atoms. The van der Waals surface area contributed by atoms with Gasteiger partial charge in [-0.3, -0.25) is 0 Å². The highest BCUT2D eigenvalue weighted by Crippen LogP contribution is 2.14. The van der Waals surface area contributed by atoms with Crippen LogP contribution in [0, 0.1) is 0 Å². The Morgan fingerprint density at radius 2 is 0.175 bits per heavy atom. The van der Waals surface area contributed by atoms with Gasteiger partial charge in [0.1, 0.15) is 0 Å². The first kappa shape index (κ1) is 132. The molecule has 0 spiro atoms. The molecular weight excluding hydrogens is 3400 g/mol. The van der Waals surface area contributed by atoms with Crippen molar-refractivity contribution in [1.82, 2.24) is 0 Å². The SMILES string of the molecule is S=S=S=S=S=S=S=S=S=S=S=S=S=S=S=S=S=S=S=S=S=S=S=S=S=S=S=S=S=S=S=S=S=S=S=S=S=S=S=S=S=S=S=S=S=S=S=S=S=S=S=S=S=S=S=S=S=S=S=S=S=S=S=S=S=S=S=S=S=S=S=S=S=S=S=S=S=S=S=S=S=S=S=S=S=S=S=S=S=S=S=S=S=S=S=S=S=S=S=S=S.c1ccc(Nc2ccccc2)cc1. The monoisotopic (exact) mass is 3400 g/mol. The Balaban J connectivity index is 0.00000446. The van der Waals surface area contributed by atoms with E-state index in [0.717, 1.165) is 11.4 Å². The third kappa shape index (κ3) is 119. The molecule has 0 amide bonds. The Bertz CT molecular complexity index is 8370. The van der Waals surface area contributed by atoms with Crippen molar-refractivity contribution < 1.29 is 0 Å². The molecule has 1 N–H and O–H groups in total. The number of rotatable bonds is 2. The molecule has 1 nitrogen and oxygen atoms in total. The zero-order chi connectivity index (χ0) is 80.9. The molecule has 0 aliphatic heterocycles. The molecule has 102 heteroatoms. The van der Waals surface area contributed by atoms with Crippen LogP contribution in [-0.4, -0.2) is 0 Å². The zero-order valence-electron chi connectivity index (χ0n) is 48.5. The molecule has 0 heterocycles. The van der Waals surface area contributed by atoms with Gasteiger partial charge in [0, 0.05) is 913 Å². The minimum atomic E-state index is 1.12. The van der Waals surface area contributed by atoms with Crippen LogP contribution < -0.4 is 5.32 Å². The van der Waals surface area contributed by atoms with Gasteiger partial charge in [0.2, 0.25) is 0 Å². The molecule has 0 atom stereocenters. The molecule has 0 unspecified atom stereocenters. The Kier molecular flexibility index (Phi) is 146. The Hall–Kier alpha value is 20.5. The first-order chi connectivity index (χ1) is 56.9. The van der Waals surface area contributed by atoms with Crippen molar-refractivity contribution in [2.24, 2.45) is 0 Å². The zero-order valence-corrected chi connectivity index (χ0v) is 131. The number of nitrogens with one attached hydrogen (secondary N) is 1. The van der Waals surface area contributed by atoms with Gasteiger partial charge in [-0.25, -0.2) is 0 Å². The Morgan fingerprint density at radius 3 is 0.246 bits per heavy atom. The van der Waals surface area contributed by atoms with Crippen LogP contribution >= 0.6 is 0 Å². The molecule has 2 rings (SSSR count). The van der Waals surface area contributed by atoms with E-state index in [0.29, 0.717) is 0 Å². The highest BCUT2D eigenvalue weighted by Gasteiger charge is 1.90. The standard InChI is InChI=1S/C12H11N.S101/c1-3-7-11(8-4-1)13-12-9-5-2-6-10-12;1-3-5-7-9-11-13-15-17-19-21-23-25-27-29-31-33-35-37-39-41-43-45-47-49-51-53-55-57-59-61-63-65-67-69-71-73-75-77-79-81-83-85-87-89-91-93-95-97-99-101-100-98-96-94-92-90-88-86-84-82-80-78-76-74-72-70-68-66-64-62-60-58-56-54-52-50-48-46-44-42-40-38-36-34-32-30-28-26-24-22-20-18-16-14-12-10-8-6-4-2/h1-10,13H;. The summed E-state index contributed by atoms with van der Waals surface area (Å²) < 4.78 is 0. The summed E-state index contributed by atoms with van der Waals surface area (Å²) >= 11 is 9.66. The first-order valence-electron chi connectivity index (χ1n) is 21.0. The van der Waals surface area contributed by atoms with Gasteiger partial charge in [0.15, 0.2) is 0 Å². The van der Waals surface area contributed by atoms with Crippen molar-refractivity contribution >= 4 is 913 Å². The van der Waals surface area contributed by atoms with Gasteiger partial charge in [-0.05, 0) is 24.3 Å². The van der Waals surface area contributed by atoms with Crippen LogP contribution in [0.2, 0.25) is 0 Å². The lowest BCUT2D eigenvalue weighted by Gasteiger charge is -2.04. The third-order valence-corrected chi connectivity index (χ3v) is 222. The van der Waals surface area contributed by atoms with E-state index in [1.165, 1.54) is 17.8 Å². The van der Waals surface area contributed by atoms with Gasteiger partial charge < -0.3 is 5.32 Å². The minimum absolute atomic E-state index is 1.12. The second-order valence-electron chi connectivity index (χ2n) is 9.59. The van der Waals surface area contributed by atoms with Gasteiger partial charge >= 0.3 is 0 Å². The van der Waals surface area contributed by atoms with Crippen molar-refractivity contribution in [1.29, 1.82) is 0 Å². The van der Waals surface area contributed by atoms with Crippen LogP contribution in [0.3, 0.4) is 0 Å². The van der Waals surface area contributed by atoms with Crippen molar-refractivity contribution in [3.05, 3.63) is 60.7 Å². The van der Waals surface area contributed by atoms with Gasteiger partial charge in [-0.2, -0.15) is 0 Å². The maximum absolute atomic E-state index is 4.83. The van der Waals surface area contributed by atoms with E-state index in [-0.39, 0.29) is 0 Å². The number of hydrogen-bond donors (Lipinski definition) is 1. The van der Waals surface area contributed by atoms with E-state index in [4.69, 9.17) is 22.4 Å². The maximum atomic E-state index is 4.83. The summed E-state index contributed by atoms with van der Waals surface area (Å²) in [5.41, 5.74) is 2.24. The van der Waals surface area contributed by atoms with Crippen LogP contribution in [0.25, 0.3) is 0 Å². The molecule has 2 aromatic rings. The number of para-hydroxylation sites is 2. The fourth-order valence-corrected chi connectivity index (χ4v) is 269. The molecule has 0 bridgehead atoms. The molecule has 0 aromatic heterocycles. The van der Waals surface area contributed by atoms with Gasteiger partial charge in [-0.15, -0.1) is 0 Å². The average Bonchev–Trinajstić information content (AvgIpc) is 0.914. The molecule has 0 fully saturated rings. The molecule has 2 aromatic carbocycles. The molecule has 0 aliphatic rings. The van der Waals surface area contributed by atoms with Crippen LogP contribution in [0.1, 0.15) is 0 Å². The summed E-state index contributed by atoms with van der Waals surface area (Å²) in [6.07, 6.45) is 0. The van der Waals surface area contributed by atoms with E-state index in [9.17, 15) is 0 Å². The summed E-state index contributed by atoms with van der Waals surface area (Å²) in [5.74, 6) is 0.